The van der Waals surface area contributed by atoms with Crippen molar-refractivity contribution in [3.63, 3.8) is 0 Å². The molecule has 164 valence electrons. The number of hydrogen-bond donors (Lipinski definition) is 4. The number of aromatic nitrogens is 4. The average molecular weight is 423 g/mol. The van der Waals surface area contributed by atoms with Gasteiger partial charge in [-0.25, -0.2) is 9.97 Å². The number of hydrogen-bond acceptors (Lipinski definition) is 8. The van der Waals surface area contributed by atoms with E-state index in [1.807, 2.05) is 24.5 Å². The molecule has 1 unspecified atom stereocenters. The molecule has 1 fully saturated rings. The van der Waals surface area contributed by atoms with Gasteiger partial charge < -0.3 is 25.2 Å². The first-order valence-corrected chi connectivity index (χ1v) is 11.1. The fourth-order valence-corrected chi connectivity index (χ4v) is 4.54. The highest BCUT2D eigenvalue weighted by Crippen LogP contribution is 2.33. The molecular formula is C22H30N8O. The Hall–Kier alpha value is -2.75. The van der Waals surface area contributed by atoms with Crippen molar-refractivity contribution in [2.24, 2.45) is 5.92 Å². The van der Waals surface area contributed by atoms with Gasteiger partial charge in [0.15, 0.2) is 0 Å². The van der Waals surface area contributed by atoms with E-state index in [1.54, 1.807) is 0 Å². The third kappa shape index (κ3) is 4.08. The Kier molecular flexibility index (Phi) is 5.47. The van der Waals surface area contributed by atoms with E-state index in [2.05, 4.69) is 55.3 Å². The minimum atomic E-state index is -0.687. The van der Waals surface area contributed by atoms with E-state index in [4.69, 9.17) is 4.98 Å². The fraction of sp³-hybridized carbons (Fsp3) is 0.500. The van der Waals surface area contributed by atoms with Crippen LogP contribution in [0.2, 0.25) is 0 Å². The second kappa shape index (κ2) is 8.41. The van der Waals surface area contributed by atoms with Gasteiger partial charge in [-0.15, -0.1) is 0 Å². The molecule has 1 saturated heterocycles. The summed E-state index contributed by atoms with van der Waals surface area (Å²) in [4.78, 5) is 16.2. The van der Waals surface area contributed by atoms with Gasteiger partial charge in [0.1, 0.15) is 17.7 Å². The molecule has 2 atom stereocenters. The van der Waals surface area contributed by atoms with Gasteiger partial charge in [0.25, 0.3) is 0 Å². The Labute approximate surface area is 181 Å². The molecule has 5 rings (SSSR count). The van der Waals surface area contributed by atoms with Crippen molar-refractivity contribution < 1.29 is 5.11 Å². The van der Waals surface area contributed by atoms with E-state index in [1.165, 1.54) is 0 Å². The maximum Gasteiger partial charge on any atom is 0.230 e. The highest BCUT2D eigenvalue weighted by atomic mass is 16.3. The molecule has 0 saturated carbocycles. The lowest BCUT2D eigenvalue weighted by atomic mass is 10.0. The van der Waals surface area contributed by atoms with Crippen LogP contribution in [-0.2, 0) is 0 Å². The zero-order valence-corrected chi connectivity index (χ0v) is 18.0. The van der Waals surface area contributed by atoms with Crippen LogP contribution in [0.4, 0.5) is 17.5 Å². The topological polar surface area (TPSA) is 103 Å². The van der Waals surface area contributed by atoms with Crippen LogP contribution in [0.15, 0.2) is 30.6 Å². The summed E-state index contributed by atoms with van der Waals surface area (Å²) in [5.74, 6) is 1.77. The highest BCUT2D eigenvalue weighted by Gasteiger charge is 2.28. The Morgan fingerprint density at radius 1 is 1.19 bits per heavy atom. The maximum atomic E-state index is 10.4. The quantitative estimate of drug-likeness (QED) is 0.496. The van der Waals surface area contributed by atoms with Gasteiger partial charge in [0.05, 0.1) is 17.6 Å². The van der Waals surface area contributed by atoms with Crippen molar-refractivity contribution >= 4 is 28.5 Å². The number of anilines is 3. The first kappa shape index (κ1) is 20.2. The number of pyridine rings is 1. The summed E-state index contributed by atoms with van der Waals surface area (Å²) in [7, 11) is 0. The second-order valence-electron chi connectivity index (χ2n) is 8.77. The molecule has 0 aliphatic carbocycles. The molecule has 2 aliphatic rings. The van der Waals surface area contributed by atoms with Crippen LogP contribution in [0.25, 0.3) is 11.0 Å². The van der Waals surface area contributed by atoms with Gasteiger partial charge in [-0.2, -0.15) is 4.98 Å². The van der Waals surface area contributed by atoms with E-state index >= 15 is 0 Å². The van der Waals surface area contributed by atoms with Crippen molar-refractivity contribution in [1.82, 2.24) is 30.2 Å². The molecule has 0 radical (unpaired) electrons. The van der Waals surface area contributed by atoms with Crippen molar-refractivity contribution in [3.8, 4) is 0 Å². The molecule has 2 aliphatic heterocycles. The van der Waals surface area contributed by atoms with E-state index in [0.717, 1.165) is 61.6 Å². The van der Waals surface area contributed by atoms with Crippen LogP contribution in [-0.4, -0.2) is 57.3 Å². The monoisotopic (exact) mass is 422 g/mol. The van der Waals surface area contributed by atoms with Crippen molar-refractivity contribution in [2.75, 3.05) is 42.9 Å². The molecule has 9 heteroatoms. The van der Waals surface area contributed by atoms with Crippen LogP contribution in [0.3, 0.4) is 0 Å². The zero-order valence-electron chi connectivity index (χ0n) is 18.0. The minimum Gasteiger partial charge on any atom is -0.373 e. The van der Waals surface area contributed by atoms with Crippen molar-refractivity contribution in [2.45, 2.75) is 32.5 Å². The minimum absolute atomic E-state index is 0.245. The summed E-state index contributed by atoms with van der Waals surface area (Å²) in [5, 5.41) is 21.2. The Balaban J connectivity index is 1.41. The fourth-order valence-electron chi connectivity index (χ4n) is 4.54. The van der Waals surface area contributed by atoms with Gasteiger partial charge in [0.2, 0.25) is 5.95 Å². The summed E-state index contributed by atoms with van der Waals surface area (Å²) in [5.41, 5.74) is 2.81. The number of rotatable bonds is 5. The molecule has 0 aromatic carbocycles. The standard InChI is InChI=1S/C22H30N8O/c1-14(2)9-17-13-25-21(31)18-10-15-11-26-22(28-20(15)30(17)18)27-19-4-3-16(12-24-19)29-7-5-23-6-8-29/h3-4,10-12,14,17,21,23,25,31H,5-9,13H2,1-2H3,(H,24,26,27,28)/t17-,21?/m1/s1. The molecule has 0 spiro atoms. The van der Waals surface area contributed by atoms with Gasteiger partial charge in [0, 0.05) is 50.3 Å². The summed E-state index contributed by atoms with van der Waals surface area (Å²) >= 11 is 0. The number of nitrogens with one attached hydrogen (secondary N) is 3. The predicted molar refractivity (Wildman–Crippen MR) is 122 cm³/mol. The van der Waals surface area contributed by atoms with Gasteiger partial charge in [-0.3, -0.25) is 5.32 Å². The maximum absolute atomic E-state index is 10.4. The number of aliphatic hydroxyl groups excluding tert-OH is 1. The van der Waals surface area contributed by atoms with E-state index in [-0.39, 0.29) is 6.04 Å². The van der Waals surface area contributed by atoms with Crippen molar-refractivity contribution in [3.05, 3.63) is 36.3 Å². The lowest BCUT2D eigenvalue weighted by molar-refractivity contribution is 0.101. The molecule has 31 heavy (non-hydrogen) atoms. The third-order valence-electron chi connectivity index (χ3n) is 6.01. The number of aliphatic hydroxyl groups is 1. The first-order valence-electron chi connectivity index (χ1n) is 11.1. The number of nitrogens with zero attached hydrogens (tertiary/aromatic N) is 5. The molecule has 0 amide bonds. The number of fused-ring (bicyclic) bond motifs is 3. The smallest absolute Gasteiger partial charge is 0.230 e. The molecule has 9 nitrogen and oxygen atoms in total. The Morgan fingerprint density at radius 3 is 2.77 bits per heavy atom. The van der Waals surface area contributed by atoms with E-state index in [9.17, 15) is 5.11 Å². The average Bonchev–Trinajstić information content (AvgIpc) is 3.17. The normalized spacial score (nSPS) is 21.5. The molecule has 5 heterocycles. The zero-order chi connectivity index (χ0) is 21.4. The molecule has 3 aromatic heterocycles. The van der Waals surface area contributed by atoms with Crippen LogP contribution in [0.5, 0.6) is 0 Å². The summed E-state index contributed by atoms with van der Waals surface area (Å²) in [6.45, 7) is 9.13. The predicted octanol–water partition coefficient (Wildman–Crippen LogP) is 2.16. The summed E-state index contributed by atoms with van der Waals surface area (Å²) in [6, 6.07) is 6.27. The van der Waals surface area contributed by atoms with Crippen LogP contribution in [0, 0.1) is 5.92 Å². The van der Waals surface area contributed by atoms with Crippen molar-refractivity contribution in [1.29, 1.82) is 0 Å². The van der Waals surface area contributed by atoms with E-state index in [0.29, 0.717) is 17.7 Å². The van der Waals surface area contributed by atoms with Crippen LogP contribution in [0.1, 0.15) is 38.2 Å². The molecular weight excluding hydrogens is 392 g/mol. The van der Waals surface area contributed by atoms with Gasteiger partial charge >= 0.3 is 0 Å². The largest absolute Gasteiger partial charge is 0.373 e. The SMILES string of the molecule is CC(C)C[C@@H]1CNC(O)c2cc3cnc(Nc4ccc(N5CCNCC5)cn4)nc3n21. The van der Waals surface area contributed by atoms with Crippen LogP contribution < -0.4 is 20.9 Å². The Morgan fingerprint density at radius 2 is 2.03 bits per heavy atom. The van der Waals surface area contributed by atoms with Gasteiger partial charge in [-0.1, -0.05) is 13.8 Å². The third-order valence-corrected chi connectivity index (χ3v) is 6.01. The van der Waals surface area contributed by atoms with E-state index < -0.39 is 6.23 Å². The Bertz CT molecular complexity index is 1040. The van der Waals surface area contributed by atoms with Gasteiger partial charge in [-0.05, 0) is 30.5 Å². The lowest BCUT2D eigenvalue weighted by Crippen LogP contribution is -2.43. The summed E-state index contributed by atoms with van der Waals surface area (Å²) in [6.07, 6.45) is 4.03. The number of piperazine rings is 1. The first-order chi connectivity index (χ1) is 15.1. The highest BCUT2D eigenvalue weighted by molar-refractivity contribution is 5.78. The summed E-state index contributed by atoms with van der Waals surface area (Å²) < 4.78 is 2.17. The lowest BCUT2D eigenvalue weighted by Gasteiger charge is -2.31. The molecule has 3 aromatic rings. The molecule has 0 bridgehead atoms. The second-order valence-corrected chi connectivity index (χ2v) is 8.77. The molecule has 4 N–H and O–H groups in total. The van der Waals surface area contributed by atoms with Crippen LogP contribution >= 0.6 is 0 Å².